The van der Waals surface area contributed by atoms with E-state index in [1.807, 2.05) is 6.07 Å². The van der Waals surface area contributed by atoms with Crippen molar-refractivity contribution in [2.75, 3.05) is 19.0 Å². The number of amides is 3. The van der Waals surface area contributed by atoms with Gasteiger partial charge in [-0.2, -0.15) is 12.6 Å². The molecule has 3 amide bonds. The van der Waals surface area contributed by atoms with Crippen molar-refractivity contribution >= 4 is 36.3 Å². The number of hydrogen-bond acceptors (Lipinski definition) is 8. The second kappa shape index (κ2) is 12.8. The highest BCUT2D eigenvalue weighted by Crippen LogP contribution is 2.02. The number of rotatable bonds is 12. The highest BCUT2D eigenvalue weighted by Gasteiger charge is 2.29. The topological polar surface area (TPSA) is 191 Å². The van der Waals surface area contributed by atoms with Crippen LogP contribution in [0.5, 0.6) is 0 Å². The number of thiol groups is 1. The highest BCUT2D eigenvalue weighted by atomic mass is 32.1. The van der Waals surface area contributed by atoms with E-state index in [0.717, 1.165) is 5.56 Å². The molecule has 0 aliphatic heterocycles. The van der Waals surface area contributed by atoms with Gasteiger partial charge in [-0.3, -0.25) is 14.4 Å². The summed E-state index contributed by atoms with van der Waals surface area (Å²) in [5.74, 6) is -4.16. The Morgan fingerprint density at radius 2 is 1.33 bits per heavy atom. The molecule has 0 bridgehead atoms. The lowest BCUT2D eigenvalue weighted by molar-refractivity contribution is -0.142. The van der Waals surface area contributed by atoms with Crippen LogP contribution < -0.4 is 21.7 Å². The summed E-state index contributed by atoms with van der Waals surface area (Å²) >= 11 is 3.80. The summed E-state index contributed by atoms with van der Waals surface area (Å²) in [6.45, 7) is -1.63. The van der Waals surface area contributed by atoms with Gasteiger partial charge in [0, 0.05) is 5.75 Å². The molecule has 1 rings (SSSR count). The van der Waals surface area contributed by atoms with Crippen LogP contribution in [0.2, 0.25) is 0 Å². The molecule has 166 valence electrons. The molecule has 30 heavy (non-hydrogen) atoms. The summed E-state index contributed by atoms with van der Waals surface area (Å²) in [6, 6.07) is 3.70. The van der Waals surface area contributed by atoms with E-state index in [4.69, 9.17) is 10.8 Å². The molecule has 0 spiro atoms. The molecule has 0 saturated carbocycles. The fourth-order valence-corrected chi connectivity index (χ4v) is 2.61. The maximum atomic E-state index is 12.3. The third-order valence-electron chi connectivity index (χ3n) is 4.06. The minimum Gasteiger partial charge on any atom is -0.480 e. The molecule has 4 unspecified atom stereocenters. The Kier molecular flexibility index (Phi) is 10.8. The molecule has 12 heteroatoms. The lowest BCUT2D eigenvalue weighted by Gasteiger charge is -2.23. The number of hydrogen-bond donors (Lipinski definition) is 8. The minimum absolute atomic E-state index is 0.203. The summed E-state index contributed by atoms with van der Waals surface area (Å²) in [6.07, 6.45) is 0.203. The van der Waals surface area contributed by atoms with Crippen LogP contribution in [-0.4, -0.2) is 82.1 Å². The van der Waals surface area contributed by atoms with Crippen LogP contribution in [0.25, 0.3) is 0 Å². The average Bonchev–Trinajstić information content (AvgIpc) is 2.73. The number of carbonyl (C=O) groups excluding carboxylic acids is 3. The van der Waals surface area contributed by atoms with Gasteiger partial charge in [0.25, 0.3) is 0 Å². The van der Waals surface area contributed by atoms with Crippen molar-refractivity contribution in [3.05, 3.63) is 35.9 Å². The molecule has 1 aromatic rings. The van der Waals surface area contributed by atoms with Crippen molar-refractivity contribution in [2.24, 2.45) is 5.73 Å². The van der Waals surface area contributed by atoms with Gasteiger partial charge in [0.15, 0.2) is 0 Å². The van der Waals surface area contributed by atoms with Crippen LogP contribution in [0, 0.1) is 0 Å². The lowest BCUT2D eigenvalue weighted by Crippen LogP contribution is -2.59. The van der Waals surface area contributed by atoms with E-state index < -0.39 is 61.1 Å². The quantitative estimate of drug-likeness (QED) is 0.157. The third-order valence-corrected chi connectivity index (χ3v) is 4.43. The smallest absolute Gasteiger partial charge is 0.327 e. The molecule has 0 saturated heterocycles. The molecule has 0 radical (unpaired) electrons. The third kappa shape index (κ3) is 7.99. The first-order valence-corrected chi connectivity index (χ1v) is 9.62. The standard InChI is InChI=1S/C18H26N4O7S/c19-11(6-10-4-2-1-3-5-10)15(25)20-12(7-23)16(26)21-13(8-24)17(27)22-14(9-30)18(28)29/h1-5,11-14,23-24,30H,6-9,19H2,(H,20,25)(H,21,26)(H,22,27)(H,28,29). The molecule has 0 fully saturated rings. The van der Waals surface area contributed by atoms with Crippen LogP contribution in [0.4, 0.5) is 0 Å². The minimum atomic E-state index is -1.50. The van der Waals surface area contributed by atoms with Crippen LogP contribution in [-0.2, 0) is 25.6 Å². The van der Waals surface area contributed by atoms with Gasteiger partial charge in [-0.1, -0.05) is 30.3 Å². The Labute approximate surface area is 178 Å². The number of aliphatic carboxylic acids is 1. The van der Waals surface area contributed by atoms with Crippen molar-refractivity contribution < 1.29 is 34.5 Å². The molecule has 4 atom stereocenters. The Morgan fingerprint density at radius 1 is 0.867 bits per heavy atom. The number of carbonyl (C=O) groups is 4. The molecule has 0 aliphatic carbocycles. The van der Waals surface area contributed by atoms with E-state index in [1.54, 1.807) is 24.3 Å². The summed E-state index contributed by atoms with van der Waals surface area (Å²) in [5, 5.41) is 34.2. The molecule has 0 heterocycles. The van der Waals surface area contributed by atoms with Gasteiger partial charge in [0.05, 0.1) is 19.3 Å². The summed E-state index contributed by atoms with van der Waals surface area (Å²) in [4.78, 5) is 47.6. The predicted octanol–water partition coefficient (Wildman–Crippen LogP) is -2.99. The zero-order valence-electron chi connectivity index (χ0n) is 16.0. The predicted molar refractivity (Wildman–Crippen MR) is 110 cm³/mol. The van der Waals surface area contributed by atoms with E-state index in [0.29, 0.717) is 0 Å². The first-order chi connectivity index (χ1) is 14.2. The van der Waals surface area contributed by atoms with E-state index in [2.05, 4.69) is 28.6 Å². The second-order valence-corrected chi connectivity index (χ2v) is 6.73. The van der Waals surface area contributed by atoms with E-state index in [-0.39, 0.29) is 12.2 Å². The molecule has 11 nitrogen and oxygen atoms in total. The SMILES string of the molecule is NC(Cc1ccccc1)C(=O)NC(CO)C(=O)NC(CO)C(=O)NC(CS)C(=O)O. The maximum Gasteiger partial charge on any atom is 0.327 e. The normalized spacial score (nSPS) is 14.7. The van der Waals surface area contributed by atoms with E-state index in [1.165, 1.54) is 0 Å². The number of aliphatic hydroxyl groups is 2. The zero-order valence-corrected chi connectivity index (χ0v) is 16.9. The number of aliphatic hydroxyl groups excluding tert-OH is 2. The van der Waals surface area contributed by atoms with Gasteiger partial charge in [0.1, 0.15) is 18.1 Å². The van der Waals surface area contributed by atoms with Crippen molar-refractivity contribution in [3.8, 4) is 0 Å². The Morgan fingerprint density at radius 3 is 1.77 bits per heavy atom. The first-order valence-electron chi connectivity index (χ1n) is 8.99. The number of carboxylic acid groups (broad SMARTS) is 1. The number of nitrogens with two attached hydrogens (primary N) is 1. The van der Waals surface area contributed by atoms with Crippen LogP contribution >= 0.6 is 12.6 Å². The average molecular weight is 442 g/mol. The van der Waals surface area contributed by atoms with Gasteiger partial charge < -0.3 is 37.0 Å². The molecule has 0 aliphatic rings. The van der Waals surface area contributed by atoms with Gasteiger partial charge in [-0.05, 0) is 12.0 Å². The van der Waals surface area contributed by atoms with Crippen molar-refractivity contribution in [1.82, 2.24) is 16.0 Å². The van der Waals surface area contributed by atoms with Crippen LogP contribution in [0.3, 0.4) is 0 Å². The molecular weight excluding hydrogens is 416 g/mol. The van der Waals surface area contributed by atoms with Gasteiger partial charge in [0.2, 0.25) is 17.7 Å². The van der Waals surface area contributed by atoms with Crippen LogP contribution in [0.1, 0.15) is 5.56 Å². The largest absolute Gasteiger partial charge is 0.480 e. The Balaban J connectivity index is 2.68. The monoisotopic (exact) mass is 442 g/mol. The Bertz CT molecular complexity index is 735. The second-order valence-electron chi connectivity index (χ2n) is 6.37. The van der Waals surface area contributed by atoms with Gasteiger partial charge in [-0.25, -0.2) is 4.79 Å². The number of carboxylic acids is 1. The van der Waals surface area contributed by atoms with E-state index in [9.17, 15) is 29.4 Å². The number of nitrogens with one attached hydrogen (secondary N) is 3. The molecule has 1 aromatic carbocycles. The highest BCUT2D eigenvalue weighted by molar-refractivity contribution is 7.80. The summed E-state index contributed by atoms with van der Waals surface area (Å²) in [7, 11) is 0. The zero-order chi connectivity index (χ0) is 22.7. The Hall–Kier alpha value is -2.67. The van der Waals surface area contributed by atoms with Gasteiger partial charge >= 0.3 is 5.97 Å². The van der Waals surface area contributed by atoms with Crippen molar-refractivity contribution in [1.29, 1.82) is 0 Å². The maximum absolute atomic E-state index is 12.3. The molecule has 8 N–H and O–H groups in total. The summed E-state index contributed by atoms with van der Waals surface area (Å²) < 4.78 is 0. The number of benzene rings is 1. The van der Waals surface area contributed by atoms with Gasteiger partial charge in [-0.15, -0.1) is 0 Å². The molecule has 0 aromatic heterocycles. The van der Waals surface area contributed by atoms with Crippen molar-refractivity contribution in [2.45, 2.75) is 30.6 Å². The van der Waals surface area contributed by atoms with Crippen molar-refractivity contribution in [3.63, 3.8) is 0 Å². The van der Waals surface area contributed by atoms with E-state index >= 15 is 0 Å². The first kappa shape index (κ1) is 25.4. The molecular formula is C18H26N4O7S. The fourth-order valence-electron chi connectivity index (χ4n) is 2.36. The lowest BCUT2D eigenvalue weighted by atomic mass is 10.1. The summed E-state index contributed by atoms with van der Waals surface area (Å²) in [5.41, 5.74) is 6.64. The fraction of sp³-hybridized carbons (Fsp3) is 0.444. The van der Waals surface area contributed by atoms with Crippen LogP contribution in [0.15, 0.2) is 30.3 Å².